The van der Waals surface area contributed by atoms with Crippen molar-refractivity contribution in [1.82, 2.24) is 10.6 Å². The molecule has 2 N–H and O–H groups in total. The van der Waals surface area contributed by atoms with Crippen LogP contribution in [-0.2, 0) is 11.3 Å². The summed E-state index contributed by atoms with van der Waals surface area (Å²) in [5.74, 6) is 1.37. The summed E-state index contributed by atoms with van der Waals surface area (Å²) < 4.78 is 11.9. The summed E-state index contributed by atoms with van der Waals surface area (Å²) in [7, 11) is 5.13. The second-order valence-electron chi connectivity index (χ2n) is 4.26. The van der Waals surface area contributed by atoms with Gasteiger partial charge in [-0.05, 0) is 47.1 Å². The lowest BCUT2D eigenvalue weighted by atomic mass is 10.2. The normalized spacial score (nSPS) is 10.2. The van der Waals surface area contributed by atoms with Gasteiger partial charge in [-0.3, -0.25) is 4.79 Å². The van der Waals surface area contributed by atoms with Crippen molar-refractivity contribution in [3.63, 3.8) is 0 Å². The van der Waals surface area contributed by atoms with Crippen LogP contribution in [0.15, 0.2) is 16.6 Å². The van der Waals surface area contributed by atoms with Crippen LogP contribution in [0.2, 0.25) is 0 Å². The molecule has 0 aromatic heterocycles. The molecule has 6 heteroatoms. The lowest BCUT2D eigenvalue weighted by Crippen LogP contribution is -2.18. The predicted octanol–water partition coefficient (Wildman–Crippen LogP) is 2.08. The van der Waals surface area contributed by atoms with Gasteiger partial charge in [0.2, 0.25) is 5.91 Å². The number of carbonyl (C=O) groups excluding carboxylic acids is 1. The van der Waals surface area contributed by atoms with Gasteiger partial charge in [0.05, 0.1) is 18.2 Å². The number of ether oxygens (including phenoxy) is 2. The molecule has 0 atom stereocenters. The summed E-state index contributed by atoms with van der Waals surface area (Å²) in [6.45, 7) is 1.22. The first-order valence-electron chi connectivity index (χ1n) is 6.46. The lowest BCUT2D eigenvalue weighted by molar-refractivity contribution is -0.120. The van der Waals surface area contributed by atoms with E-state index in [4.69, 9.17) is 9.47 Å². The number of methoxy groups -OCH3 is 1. The standard InChI is InChI=1S/C14H21BrN2O3/c1-16-9-10-7-11(15)14(12(8-10)19-3)20-6-4-5-13(18)17-2/h7-8,16H,4-6,9H2,1-3H3,(H,17,18). The molecule has 0 unspecified atom stereocenters. The average molecular weight is 345 g/mol. The Labute approximate surface area is 128 Å². The van der Waals surface area contributed by atoms with Crippen LogP contribution in [0.5, 0.6) is 11.5 Å². The average Bonchev–Trinajstić information content (AvgIpc) is 2.44. The third-order valence-corrected chi connectivity index (χ3v) is 3.33. The Morgan fingerprint density at radius 3 is 2.70 bits per heavy atom. The van der Waals surface area contributed by atoms with Gasteiger partial charge in [0.1, 0.15) is 0 Å². The molecule has 112 valence electrons. The van der Waals surface area contributed by atoms with Gasteiger partial charge in [-0.25, -0.2) is 0 Å². The van der Waals surface area contributed by atoms with E-state index in [1.807, 2.05) is 19.2 Å². The number of halogens is 1. The molecule has 0 bridgehead atoms. The van der Waals surface area contributed by atoms with Crippen LogP contribution in [0.4, 0.5) is 0 Å². The Hall–Kier alpha value is -1.27. The quantitative estimate of drug-likeness (QED) is 0.709. The molecular formula is C14H21BrN2O3. The molecule has 1 aromatic carbocycles. The Kier molecular flexibility index (Phi) is 7.40. The van der Waals surface area contributed by atoms with E-state index in [2.05, 4.69) is 26.6 Å². The predicted molar refractivity (Wildman–Crippen MR) is 82.3 cm³/mol. The van der Waals surface area contributed by atoms with Crippen LogP contribution in [0.3, 0.4) is 0 Å². The van der Waals surface area contributed by atoms with Gasteiger partial charge < -0.3 is 20.1 Å². The summed E-state index contributed by atoms with van der Waals surface area (Å²) in [5.41, 5.74) is 1.11. The van der Waals surface area contributed by atoms with Crippen LogP contribution >= 0.6 is 15.9 Å². The maximum absolute atomic E-state index is 11.1. The first-order chi connectivity index (χ1) is 9.62. The molecule has 1 rings (SSSR count). The second kappa shape index (κ2) is 8.81. The van der Waals surface area contributed by atoms with Crippen molar-refractivity contribution >= 4 is 21.8 Å². The van der Waals surface area contributed by atoms with E-state index < -0.39 is 0 Å². The van der Waals surface area contributed by atoms with E-state index in [1.54, 1.807) is 14.2 Å². The molecule has 0 aliphatic heterocycles. The highest BCUT2D eigenvalue weighted by Gasteiger charge is 2.11. The molecule has 5 nitrogen and oxygen atoms in total. The summed E-state index contributed by atoms with van der Waals surface area (Å²) in [6.07, 6.45) is 1.11. The van der Waals surface area contributed by atoms with Gasteiger partial charge in [-0.1, -0.05) is 0 Å². The van der Waals surface area contributed by atoms with Crippen molar-refractivity contribution in [2.45, 2.75) is 19.4 Å². The summed E-state index contributed by atoms with van der Waals surface area (Å²) in [4.78, 5) is 11.1. The molecule has 0 aliphatic rings. The molecule has 0 saturated heterocycles. The minimum absolute atomic E-state index is 0.0176. The summed E-state index contributed by atoms with van der Waals surface area (Å²) in [6, 6.07) is 3.93. The number of carbonyl (C=O) groups is 1. The van der Waals surface area contributed by atoms with Crippen molar-refractivity contribution < 1.29 is 14.3 Å². The van der Waals surface area contributed by atoms with E-state index in [1.165, 1.54) is 0 Å². The Bertz CT molecular complexity index is 452. The van der Waals surface area contributed by atoms with Crippen LogP contribution in [0.25, 0.3) is 0 Å². The van der Waals surface area contributed by atoms with Crippen molar-refractivity contribution in [1.29, 1.82) is 0 Å². The molecule has 0 fully saturated rings. The van der Waals surface area contributed by atoms with E-state index >= 15 is 0 Å². The molecule has 1 aromatic rings. The molecular weight excluding hydrogens is 324 g/mol. The molecule has 0 saturated carbocycles. The smallest absolute Gasteiger partial charge is 0.219 e. The number of nitrogens with one attached hydrogen (secondary N) is 2. The third-order valence-electron chi connectivity index (χ3n) is 2.74. The fraction of sp³-hybridized carbons (Fsp3) is 0.500. The summed E-state index contributed by atoms with van der Waals surface area (Å²) >= 11 is 3.49. The van der Waals surface area contributed by atoms with E-state index in [-0.39, 0.29) is 5.91 Å². The molecule has 0 radical (unpaired) electrons. The van der Waals surface area contributed by atoms with Gasteiger partial charge in [0.15, 0.2) is 11.5 Å². The van der Waals surface area contributed by atoms with Crippen molar-refractivity contribution in [2.75, 3.05) is 27.8 Å². The number of amides is 1. The molecule has 0 aliphatic carbocycles. The number of benzene rings is 1. The number of rotatable bonds is 8. The minimum Gasteiger partial charge on any atom is -0.493 e. The highest BCUT2D eigenvalue weighted by molar-refractivity contribution is 9.10. The van der Waals surface area contributed by atoms with Crippen molar-refractivity contribution in [2.24, 2.45) is 0 Å². The molecule has 0 spiro atoms. The van der Waals surface area contributed by atoms with Gasteiger partial charge >= 0.3 is 0 Å². The Balaban J connectivity index is 2.66. The van der Waals surface area contributed by atoms with E-state index in [0.717, 1.165) is 16.6 Å². The molecule has 1 amide bonds. The highest BCUT2D eigenvalue weighted by Crippen LogP contribution is 2.36. The van der Waals surface area contributed by atoms with Gasteiger partial charge in [0, 0.05) is 20.0 Å². The van der Waals surface area contributed by atoms with E-state index in [9.17, 15) is 4.79 Å². The van der Waals surface area contributed by atoms with Crippen LogP contribution in [0, 0.1) is 0 Å². The van der Waals surface area contributed by atoms with Crippen LogP contribution < -0.4 is 20.1 Å². The number of hydrogen-bond donors (Lipinski definition) is 2. The van der Waals surface area contributed by atoms with Gasteiger partial charge in [-0.15, -0.1) is 0 Å². The van der Waals surface area contributed by atoms with E-state index in [0.29, 0.717) is 30.9 Å². The lowest BCUT2D eigenvalue weighted by Gasteiger charge is -2.14. The SMILES string of the molecule is CNCc1cc(Br)c(OCCCC(=O)NC)c(OC)c1. The van der Waals surface area contributed by atoms with Crippen molar-refractivity contribution in [3.8, 4) is 11.5 Å². The first-order valence-corrected chi connectivity index (χ1v) is 7.26. The zero-order valence-corrected chi connectivity index (χ0v) is 13.7. The first kappa shape index (κ1) is 16.8. The largest absolute Gasteiger partial charge is 0.493 e. The monoisotopic (exact) mass is 344 g/mol. The topological polar surface area (TPSA) is 59.6 Å². The number of hydrogen-bond acceptors (Lipinski definition) is 4. The second-order valence-corrected chi connectivity index (χ2v) is 5.12. The zero-order chi connectivity index (χ0) is 15.0. The zero-order valence-electron chi connectivity index (χ0n) is 12.1. The maximum atomic E-state index is 11.1. The van der Waals surface area contributed by atoms with Crippen molar-refractivity contribution in [3.05, 3.63) is 22.2 Å². The molecule has 20 heavy (non-hydrogen) atoms. The highest BCUT2D eigenvalue weighted by atomic mass is 79.9. The third kappa shape index (κ3) is 5.02. The van der Waals surface area contributed by atoms with Crippen LogP contribution in [-0.4, -0.2) is 33.7 Å². The summed E-state index contributed by atoms with van der Waals surface area (Å²) in [5, 5.41) is 5.68. The van der Waals surface area contributed by atoms with Gasteiger partial charge in [-0.2, -0.15) is 0 Å². The molecule has 0 heterocycles. The Morgan fingerprint density at radius 1 is 1.35 bits per heavy atom. The minimum atomic E-state index is 0.0176. The Morgan fingerprint density at radius 2 is 2.10 bits per heavy atom. The van der Waals surface area contributed by atoms with Crippen LogP contribution in [0.1, 0.15) is 18.4 Å². The fourth-order valence-corrected chi connectivity index (χ4v) is 2.36. The fourth-order valence-electron chi connectivity index (χ4n) is 1.75. The maximum Gasteiger partial charge on any atom is 0.219 e. The van der Waals surface area contributed by atoms with Gasteiger partial charge in [0.25, 0.3) is 0 Å².